The Bertz CT molecular complexity index is 283. The minimum Gasteiger partial charge on any atom is -0.353 e. The molecule has 104 valence electrons. The van der Waals surface area contributed by atoms with E-state index in [1.807, 2.05) is 0 Å². The zero-order valence-corrected chi connectivity index (χ0v) is 11.9. The maximum absolute atomic E-state index is 12.2. The summed E-state index contributed by atoms with van der Waals surface area (Å²) in [5, 5.41) is 3.26. The third-order valence-corrected chi connectivity index (χ3v) is 4.83. The molecule has 0 aromatic carbocycles. The molecule has 0 aliphatic heterocycles. The van der Waals surface area contributed by atoms with Crippen molar-refractivity contribution in [2.75, 3.05) is 0 Å². The van der Waals surface area contributed by atoms with E-state index in [-0.39, 0.29) is 11.8 Å². The molecule has 0 bridgehead atoms. The van der Waals surface area contributed by atoms with E-state index in [1.54, 1.807) is 0 Å². The summed E-state index contributed by atoms with van der Waals surface area (Å²) in [5.41, 5.74) is 6.35. The molecule has 2 fully saturated rings. The lowest BCUT2D eigenvalue weighted by Gasteiger charge is -2.35. The maximum Gasteiger partial charge on any atom is 0.223 e. The second-order valence-electron chi connectivity index (χ2n) is 7.06. The average molecular weight is 252 g/mol. The van der Waals surface area contributed by atoms with Crippen molar-refractivity contribution >= 4 is 5.91 Å². The van der Waals surface area contributed by atoms with Gasteiger partial charge in [-0.25, -0.2) is 0 Å². The van der Waals surface area contributed by atoms with Crippen LogP contribution in [-0.4, -0.2) is 18.0 Å². The Morgan fingerprint density at radius 2 is 1.61 bits per heavy atom. The summed E-state index contributed by atoms with van der Waals surface area (Å²) in [6, 6.07) is 0.741. The summed E-state index contributed by atoms with van der Waals surface area (Å²) >= 11 is 0. The summed E-state index contributed by atoms with van der Waals surface area (Å²) in [6.07, 6.45) is 8.72. The molecule has 0 saturated heterocycles. The number of hydrogen-bond donors (Lipinski definition) is 2. The fourth-order valence-corrected chi connectivity index (χ4v) is 3.24. The molecule has 2 saturated carbocycles. The predicted octanol–water partition coefficient (Wildman–Crippen LogP) is 2.59. The van der Waals surface area contributed by atoms with E-state index in [4.69, 9.17) is 5.73 Å². The van der Waals surface area contributed by atoms with Gasteiger partial charge in [0.1, 0.15) is 0 Å². The zero-order valence-electron chi connectivity index (χ0n) is 11.9. The Hall–Kier alpha value is -0.570. The van der Waals surface area contributed by atoms with Crippen LogP contribution < -0.4 is 11.1 Å². The number of carbonyl (C=O) groups is 1. The standard InChI is InChI=1S/C15H28N2O/c1-15(2)9-7-13(8-10-15)17-14(18)11-3-5-12(16)6-4-11/h11-13H,3-10,16H2,1-2H3,(H,17,18). The van der Waals surface area contributed by atoms with Crippen LogP contribution in [0.4, 0.5) is 0 Å². The normalized spacial score (nSPS) is 33.1. The SMILES string of the molecule is CC1(C)CCC(NC(=O)C2CCC(N)CC2)CC1. The van der Waals surface area contributed by atoms with Gasteiger partial charge in [0.25, 0.3) is 0 Å². The topological polar surface area (TPSA) is 55.1 Å². The highest BCUT2D eigenvalue weighted by molar-refractivity contribution is 5.79. The van der Waals surface area contributed by atoms with E-state index < -0.39 is 0 Å². The molecule has 3 N–H and O–H groups in total. The van der Waals surface area contributed by atoms with Crippen LogP contribution in [0.3, 0.4) is 0 Å². The van der Waals surface area contributed by atoms with Crippen molar-refractivity contribution in [1.29, 1.82) is 0 Å². The number of rotatable bonds is 2. The lowest BCUT2D eigenvalue weighted by atomic mass is 9.75. The van der Waals surface area contributed by atoms with Gasteiger partial charge in [-0.15, -0.1) is 0 Å². The second kappa shape index (κ2) is 5.60. The van der Waals surface area contributed by atoms with Gasteiger partial charge in [0.2, 0.25) is 5.91 Å². The lowest BCUT2D eigenvalue weighted by Crippen LogP contribution is -2.43. The van der Waals surface area contributed by atoms with Gasteiger partial charge in [-0.3, -0.25) is 4.79 Å². The molecule has 0 aromatic heterocycles. The van der Waals surface area contributed by atoms with Crippen LogP contribution in [0.2, 0.25) is 0 Å². The molecule has 0 radical (unpaired) electrons. The van der Waals surface area contributed by atoms with Gasteiger partial charge in [-0.05, 0) is 56.8 Å². The van der Waals surface area contributed by atoms with Crippen molar-refractivity contribution in [3.8, 4) is 0 Å². The first-order valence-corrected chi connectivity index (χ1v) is 7.52. The Labute approximate surface area is 111 Å². The zero-order chi connectivity index (χ0) is 13.2. The largest absolute Gasteiger partial charge is 0.353 e. The van der Waals surface area contributed by atoms with Gasteiger partial charge in [0.15, 0.2) is 0 Å². The molecule has 0 heterocycles. The van der Waals surface area contributed by atoms with Crippen LogP contribution in [0.1, 0.15) is 65.2 Å². The summed E-state index contributed by atoms with van der Waals surface area (Å²) in [4.78, 5) is 12.2. The quantitative estimate of drug-likeness (QED) is 0.793. The monoisotopic (exact) mass is 252 g/mol. The third kappa shape index (κ3) is 3.71. The number of nitrogens with two attached hydrogens (primary N) is 1. The fraction of sp³-hybridized carbons (Fsp3) is 0.933. The van der Waals surface area contributed by atoms with Gasteiger partial charge >= 0.3 is 0 Å². The van der Waals surface area contributed by atoms with Crippen molar-refractivity contribution in [1.82, 2.24) is 5.32 Å². The van der Waals surface area contributed by atoms with E-state index in [1.165, 1.54) is 12.8 Å². The van der Waals surface area contributed by atoms with Crippen molar-refractivity contribution < 1.29 is 4.79 Å². The predicted molar refractivity (Wildman–Crippen MR) is 74.1 cm³/mol. The molecule has 2 aliphatic rings. The highest BCUT2D eigenvalue weighted by Crippen LogP contribution is 2.35. The molecule has 0 atom stereocenters. The number of nitrogens with one attached hydrogen (secondary N) is 1. The lowest BCUT2D eigenvalue weighted by molar-refractivity contribution is -0.127. The maximum atomic E-state index is 12.2. The van der Waals surface area contributed by atoms with Crippen LogP contribution >= 0.6 is 0 Å². The third-order valence-electron chi connectivity index (χ3n) is 4.83. The summed E-state index contributed by atoms with van der Waals surface area (Å²) in [7, 11) is 0. The number of hydrogen-bond acceptors (Lipinski definition) is 2. The molecule has 18 heavy (non-hydrogen) atoms. The van der Waals surface area contributed by atoms with Crippen LogP contribution in [0.25, 0.3) is 0 Å². The molecule has 3 nitrogen and oxygen atoms in total. The molecular weight excluding hydrogens is 224 g/mol. The fourth-order valence-electron chi connectivity index (χ4n) is 3.24. The minimum atomic E-state index is 0.222. The van der Waals surface area contributed by atoms with Crippen molar-refractivity contribution in [2.24, 2.45) is 17.1 Å². The van der Waals surface area contributed by atoms with Crippen molar-refractivity contribution in [2.45, 2.75) is 77.3 Å². The van der Waals surface area contributed by atoms with E-state index in [0.29, 0.717) is 17.5 Å². The molecule has 3 heteroatoms. The first kappa shape index (κ1) is 13.9. The number of carbonyl (C=O) groups excluding carboxylic acids is 1. The van der Waals surface area contributed by atoms with E-state index >= 15 is 0 Å². The van der Waals surface area contributed by atoms with E-state index in [2.05, 4.69) is 19.2 Å². The van der Waals surface area contributed by atoms with Gasteiger partial charge < -0.3 is 11.1 Å². The Morgan fingerprint density at radius 3 is 2.17 bits per heavy atom. The van der Waals surface area contributed by atoms with E-state index in [0.717, 1.165) is 38.5 Å². The molecular formula is C15H28N2O. The first-order valence-electron chi connectivity index (χ1n) is 7.52. The highest BCUT2D eigenvalue weighted by atomic mass is 16.1. The van der Waals surface area contributed by atoms with Crippen LogP contribution in [0.5, 0.6) is 0 Å². The van der Waals surface area contributed by atoms with Gasteiger partial charge in [0, 0.05) is 18.0 Å². The Kier molecular flexibility index (Phi) is 4.31. The van der Waals surface area contributed by atoms with Gasteiger partial charge in [-0.1, -0.05) is 13.8 Å². The molecule has 1 amide bonds. The molecule has 0 aromatic rings. The molecule has 0 unspecified atom stereocenters. The summed E-state index contributed by atoms with van der Waals surface area (Å²) < 4.78 is 0. The second-order valence-corrected chi connectivity index (χ2v) is 7.06. The highest BCUT2D eigenvalue weighted by Gasteiger charge is 2.30. The van der Waals surface area contributed by atoms with Crippen LogP contribution in [0, 0.1) is 11.3 Å². The molecule has 2 aliphatic carbocycles. The van der Waals surface area contributed by atoms with Crippen molar-refractivity contribution in [3.05, 3.63) is 0 Å². The smallest absolute Gasteiger partial charge is 0.223 e. The van der Waals surface area contributed by atoms with Gasteiger partial charge in [-0.2, -0.15) is 0 Å². The average Bonchev–Trinajstić information content (AvgIpc) is 2.33. The van der Waals surface area contributed by atoms with E-state index in [9.17, 15) is 4.79 Å². The molecule has 0 spiro atoms. The van der Waals surface area contributed by atoms with Crippen molar-refractivity contribution in [3.63, 3.8) is 0 Å². The minimum absolute atomic E-state index is 0.222. The summed E-state index contributed by atoms with van der Waals surface area (Å²) in [5.74, 6) is 0.506. The van der Waals surface area contributed by atoms with Crippen LogP contribution in [0.15, 0.2) is 0 Å². The van der Waals surface area contributed by atoms with Crippen LogP contribution in [-0.2, 0) is 4.79 Å². The Balaban J connectivity index is 1.75. The molecule has 2 rings (SSSR count). The van der Waals surface area contributed by atoms with Gasteiger partial charge in [0.05, 0.1) is 0 Å². The summed E-state index contributed by atoms with van der Waals surface area (Å²) in [6.45, 7) is 4.65. The first-order chi connectivity index (χ1) is 8.46. The Morgan fingerprint density at radius 1 is 1.06 bits per heavy atom. The number of amides is 1.